The Morgan fingerprint density at radius 3 is 2.27 bits per heavy atom. The van der Waals surface area contributed by atoms with Crippen LogP contribution in [0.15, 0.2) is 47.5 Å². The Balaban J connectivity index is 1.48. The van der Waals surface area contributed by atoms with Gasteiger partial charge in [0.1, 0.15) is 22.9 Å². The molecule has 0 radical (unpaired) electrons. The third-order valence-corrected chi connectivity index (χ3v) is 6.43. The van der Waals surface area contributed by atoms with Gasteiger partial charge in [0.15, 0.2) is 0 Å². The number of hydrogen-bond acceptors (Lipinski definition) is 5. The normalized spacial score (nSPS) is 17.5. The molecular formula is C26H31N3O4. The van der Waals surface area contributed by atoms with Gasteiger partial charge in [-0.05, 0) is 23.1 Å². The number of aliphatic imine (C=N–C) groups is 1. The zero-order valence-electron chi connectivity index (χ0n) is 19.9. The number of hydrogen-bond donors (Lipinski definition) is 1. The lowest BCUT2D eigenvalue weighted by atomic mass is 9.86. The highest BCUT2D eigenvalue weighted by Crippen LogP contribution is 2.32. The van der Waals surface area contributed by atoms with Crippen LogP contribution < -0.4 is 14.8 Å². The first-order valence-electron chi connectivity index (χ1n) is 11.2. The molecule has 7 nitrogen and oxygen atoms in total. The van der Waals surface area contributed by atoms with Crippen LogP contribution in [0.3, 0.4) is 0 Å². The highest BCUT2D eigenvalue weighted by molar-refractivity contribution is 6.46. The minimum Gasteiger partial charge on any atom is -0.497 e. The molecule has 1 saturated heterocycles. The summed E-state index contributed by atoms with van der Waals surface area (Å²) in [5.74, 6) is 0.852. The molecule has 2 aliphatic rings. The highest BCUT2D eigenvalue weighted by atomic mass is 16.5. The molecule has 0 aliphatic carbocycles. The number of methoxy groups -OCH3 is 2. The minimum atomic E-state index is -0.657. The van der Waals surface area contributed by atoms with E-state index in [4.69, 9.17) is 14.5 Å². The number of carbonyl (C=O) groups is 2. The fraction of sp³-hybridized carbons (Fsp3) is 0.423. The van der Waals surface area contributed by atoms with Crippen LogP contribution in [-0.4, -0.2) is 55.4 Å². The van der Waals surface area contributed by atoms with Gasteiger partial charge in [0.2, 0.25) is 0 Å². The van der Waals surface area contributed by atoms with Crippen molar-refractivity contribution in [3.05, 3.63) is 59.2 Å². The maximum Gasteiger partial charge on any atom is 0.272 e. The summed E-state index contributed by atoms with van der Waals surface area (Å²) in [5.41, 5.74) is 2.38. The Hall–Kier alpha value is -3.35. The van der Waals surface area contributed by atoms with Crippen LogP contribution in [0, 0.1) is 0 Å². The second-order valence-electron chi connectivity index (χ2n) is 9.63. The van der Waals surface area contributed by atoms with Gasteiger partial charge in [0, 0.05) is 37.6 Å². The Morgan fingerprint density at radius 1 is 1.03 bits per heavy atom. The summed E-state index contributed by atoms with van der Waals surface area (Å²) in [7, 11) is 3.11. The van der Waals surface area contributed by atoms with Gasteiger partial charge in [-0.3, -0.25) is 14.6 Å². The van der Waals surface area contributed by atoms with Crippen LogP contribution in [0.25, 0.3) is 0 Å². The molecule has 7 heteroatoms. The summed E-state index contributed by atoms with van der Waals surface area (Å²) in [5, 5.41) is 3.08. The SMILES string of the molecule is COc1ccc(C(=O)N2CCC3(CC2)N=C(c2ccc(C(C)(C)C)cc2)C(=O)N3)c(OC)c1. The molecule has 1 fully saturated rings. The zero-order chi connectivity index (χ0) is 23.8. The lowest BCUT2D eigenvalue weighted by Gasteiger charge is -2.37. The fourth-order valence-corrected chi connectivity index (χ4v) is 4.35. The van der Waals surface area contributed by atoms with Crippen molar-refractivity contribution >= 4 is 17.5 Å². The van der Waals surface area contributed by atoms with E-state index in [1.165, 1.54) is 12.7 Å². The van der Waals surface area contributed by atoms with Crippen molar-refractivity contribution in [2.24, 2.45) is 4.99 Å². The smallest absolute Gasteiger partial charge is 0.272 e. The molecule has 2 aromatic carbocycles. The van der Waals surface area contributed by atoms with Gasteiger partial charge in [-0.15, -0.1) is 0 Å². The van der Waals surface area contributed by atoms with Gasteiger partial charge in [-0.2, -0.15) is 0 Å². The molecule has 4 rings (SSSR count). The summed E-state index contributed by atoms with van der Waals surface area (Å²) in [6, 6.07) is 13.2. The molecule has 0 unspecified atom stereocenters. The van der Waals surface area contributed by atoms with E-state index in [0.717, 1.165) is 5.56 Å². The number of amides is 2. The predicted octanol–water partition coefficient (Wildman–Crippen LogP) is 3.55. The third-order valence-electron chi connectivity index (χ3n) is 6.43. The van der Waals surface area contributed by atoms with Crippen molar-refractivity contribution in [3.8, 4) is 11.5 Å². The molecule has 2 aliphatic heterocycles. The lowest BCUT2D eigenvalue weighted by Crippen LogP contribution is -2.52. The van der Waals surface area contributed by atoms with E-state index in [0.29, 0.717) is 48.7 Å². The summed E-state index contributed by atoms with van der Waals surface area (Å²) in [6.45, 7) is 7.47. The molecule has 0 bridgehead atoms. The first-order valence-corrected chi connectivity index (χ1v) is 11.2. The monoisotopic (exact) mass is 449 g/mol. The average Bonchev–Trinajstić information content (AvgIpc) is 3.13. The summed E-state index contributed by atoms with van der Waals surface area (Å²) in [6.07, 6.45) is 1.12. The van der Waals surface area contributed by atoms with Crippen molar-refractivity contribution in [3.63, 3.8) is 0 Å². The van der Waals surface area contributed by atoms with E-state index in [-0.39, 0.29) is 17.2 Å². The largest absolute Gasteiger partial charge is 0.497 e. The molecule has 33 heavy (non-hydrogen) atoms. The molecule has 1 N–H and O–H groups in total. The van der Waals surface area contributed by atoms with Gasteiger partial charge < -0.3 is 19.7 Å². The second kappa shape index (κ2) is 8.54. The maximum absolute atomic E-state index is 13.1. The topological polar surface area (TPSA) is 80.2 Å². The van der Waals surface area contributed by atoms with Crippen LogP contribution in [-0.2, 0) is 10.2 Å². The molecule has 2 aromatic rings. The average molecular weight is 450 g/mol. The van der Waals surface area contributed by atoms with Crippen LogP contribution >= 0.6 is 0 Å². The predicted molar refractivity (Wildman–Crippen MR) is 127 cm³/mol. The summed E-state index contributed by atoms with van der Waals surface area (Å²) < 4.78 is 10.6. The minimum absolute atomic E-state index is 0.0471. The molecule has 0 aromatic heterocycles. The highest BCUT2D eigenvalue weighted by Gasteiger charge is 2.43. The van der Waals surface area contributed by atoms with E-state index in [1.54, 1.807) is 30.2 Å². The lowest BCUT2D eigenvalue weighted by molar-refractivity contribution is -0.115. The molecule has 0 saturated carbocycles. The molecule has 2 heterocycles. The molecule has 0 atom stereocenters. The number of carbonyl (C=O) groups excluding carboxylic acids is 2. The van der Waals surface area contributed by atoms with Crippen LogP contribution in [0.4, 0.5) is 0 Å². The van der Waals surface area contributed by atoms with Crippen LogP contribution in [0.2, 0.25) is 0 Å². The Kier molecular flexibility index (Phi) is 5.91. The molecule has 2 amide bonds. The molecule has 1 spiro atoms. The van der Waals surface area contributed by atoms with Crippen molar-refractivity contribution in [1.82, 2.24) is 10.2 Å². The third kappa shape index (κ3) is 4.45. The quantitative estimate of drug-likeness (QED) is 0.774. The summed E-state index contributed by atoms with van der Waals surface area (Å²) in [4.78, 5) is 32.5. The Morgan fingerprint density at radius 2 is 1.70 bits per heavy atom. The Labute approximate surface area is 194 Å². The van der Waals surface area contributed by atoms with Gasteiger partial charge in [-0.25, -0.2) is 0 Å². The van der Waals surface area contributed by atoms with Gasteiger partial charge >= 0.3 is 0 Å². The van der Waals surface area contributed by atoms with E-state index >= 15 is 0 Å². The van der Waals surface area contributed by atoms with E-state index in [9.17, 15) is 9.59 Å². The number of nitrogens with one attached hydrogen (secondary N) is 1. The second-order valence-corrected chi connectivity index (χ2v) is 9.63. The van der Waals surface area contributed by atoms with E-state index < -0.39 is 5.66 Å². The number of benzene rings is 2. The zero-order valence-corrected chi connectivity index (χ0v) is 19.9. The van der Waals surface area contributed by atoms with Gasteiger partial charge in [-0.1, -0.05) is 45.0 Å². The first-order chi connectivity index (χ1) is 15.7. The van der Waals surface area contributed by atoms with Crippen LogP contribution in [0.1, 0.15) is 55.1 Å². The number of nitrogens with zero attached hydrogens (tertiary/aromatic N) is 2. The van der Waals surface area contributed by atoms with Gasteiger partial charge in [0.05, 0.1) is 19.8 Å². The number of ether oxygens (including phenoxy) is 2. The van der Waals surface area contributed by atoms with Crippen LogP contribution in [0.5, 0.6) is 11.5 Å². The van der Waals surface area contributed by atoms with Crippen molar-refractivity contribution in [2.45, 2.75) is 44.7 Å². The molecule has 174 valence electrons. The first kappa shape index (κ1) is 22.8. The standard InChI is InChI=1S/C26H31N3O4/c1-25(2,3)18-8-6-17(7-9-18)22-23(30)28-26(27-22)12-14-29(15-13-26)24(31)20-11-10-19(32-4)16-21(20)33-5/h6-11,16H,12-15H2,1-5H3,(H,28,30). The van der Waals surface area contributed by atoms with Crippen molar-refractivity contribution < 1.29 is 19.1 Å². The van der Waals surface area contributed by atoms with Crippen molar-refractivity contribution in [1.29, 1.82) is 0 Å². The number of rotatable bonds is 4. The van der Waals surface area contributed by atoms with E-state index in [1.807, 2.05) is 12.1 Å². The van der Waals surface area contributed by atoms with Gasteiger partial charge in [0.25, 0.3) is 11.8 Å². The van der Waals surface area contributed by atoms with E-state index in [2.05, 4.69) is 38.2 Å². The number of likely N-dealkylation sites (tertiary alicyclic amines) is 1. The maximum atomic E-state index is 13.1. The Bertz CT molecular complexity index is 1090. The van der Waals surface area contributed by atoms with Crippen molar-refractivity contribution in [2.75, 3.05) is 27.3 Å². The fourth-order valence-electron chi connectivity index (χ4n) is 4.35. The number of piperidine rings is 1. The summed E-state index contributed by atoms with van der Waals surface area (Å²) >= 11 is 0. The molecular weight excluding hydrogens is 418 g/mol.